The fourth-order valence-corrected chi connectivity index (χ4v) is 3.23. The van der Waals surface area contributed by atoms with Crippen LogP contribution in [-0.4, -0.2) is 38.2 Å². The number of nitrogens with zero attached hydrogens (tertiary/aromatic N) is 1. The third kappa shape index (κ3) is 3.91. The largest absolute Gasteiger partial charge is 0.497 e. The third-order valence-electron chi connectivity index (χ3n) is 4.58. The van der Waals surface area contributed by atoms with Gasteiger partial charge in [0, 0.05) is 44.0 Å². The van der Waals surface area contributed by atoms with Gasteiger partial charge in [-0.25, -0.2) is 0 Å². The number of aromatic nitrogens is 1. The average Bonchev–Trinajstić information content (AvgIpc) is 3.16. The standard InChI is InChI=1S/C19H23N3O3/c1-24-14-5-6-15(18(8-14)25-2)16-11-21-12-17(16)19(23)22-10-13-4-3-7-20-9-13/h3-9,16-17,21H,10-12H2,1-2H3,(H,22,23). The molecule has 1 aromatic carbocycles. The lowest BCUT2D eigenvalue weighted by molar-refractivity contribution is -0.125. The summed E-state index contributed by atoms with van der Waals surface area (Å²) in [6.45, 7) is 1.88. The van der Waals surface area contributed by atoms with Crippen LogP contribution in [0.15, 0.2) is 42.7 Å². The van der Waals surface area contributed by atoms with Gasteiger partial charge in [-0.3, -0.25) is 9.78 Å². The maximum absolute atomic E-state index is 12.7. The number of hydrogen-bond donors (Lipinski definition) is 2. The number of nitrogens with one attached hydrogen (secondary N) is 2. The summed E-state index contributed by atoms with van der Waals surface area (Å²) in [5.41, 5.74) is 2.01. The number of rotatable bonds is 6. The van der Waals surface area contributed by atoms with E-state index >= 15 is 0 Å². The van der Waals surface area contributed by atoms with E-state index in [-0.39, 0.29) is 17.7 Å². The second-order valence-electron chi connectivity index (χ2n) is 6.06. The lowest BCUT2D eigenvalue weighted by atomic mass is 9.87. The molecule has 6 heteroatoms. The van der Waals surface area contributed by atoms with Crippen LogP contribution >= 0.6 is 0 Å². The van der Waals surface area contributed by atoms with Crippen molar-refractivity contribution < 1.29 is 14.3 Å². The Labute approximate surface area is 147 Å². The molecule has 2 atom stereocenters. The highest BCUT2D eigenvalue weighted by Gasteiger charge is 2.35. The van der Waals surface area contributed by atoms with E-state index in [4.69, 9.17) is 9.47 Å². The van der Waals surface area contributed by atoms with Crippen molar-refractivity contribution >= 4 is 5.91 Å². The minimum Gasteiger partial charge on any atom is -0.497 e. The molecule has 2 heterocycles. The molecule has 3 rings (SSSR count). The molecule has 2 N–H and O–H groups in total. The van der Waals surface area contributed by atoms with Gasteiger partial charge in [-0.15, -0.1) is 0 Å². The molecule has 1 aliphatic rings. The van der Waals surface area contributed by atoms with Crippen LogP contribution in [0.25, 0.3) is 0 Å². The minimum absolute atomic E-state index is 0.0386. The summed E-state index contributed by atoms with van der Waals surface area (Å²) in [6.07, 6.45) is 3.48. The Balaban J connectivity index is 1.73. The van der Waals surface area contributed by atoms with Crippen LogP contribution in [0.2, 0.25) is 0 Å². The Morgan fingerprint density at radius 2 is 2.16 bits per heavy atom. The zero-order valence-electron chi connectivity index (χ0n) is 14.5. The number of benzene rings is 1. The van der Waals surface area contributed by atoms with Crippen molar-refractivity contribution in [2.75, 3.05) is 27.3 Å². The van der Waals surface area contributed by atoms with Gasteiger partial charge in [0.1, 0.15) is 11.5 Å². The smallest absolute Gasteiger partial charge is 0.225 e. The fraction of sp³-hybridized carbons (Fsp3) is 0.368. The number of methoxy groups -OCH3 is 2. The summed E-state index contributed by atoms with van der Waals surface area (Å²) >= 11 is 0. The molecule has 0 saturated carbocycles. The van der Waals surface area contributed by atoms with Crippen molar-refractivity contribution in [3.05, 3.63) is 53.9 Å². The van der Waals surface area contributed by atoms with E-state index in [0.29, 0.717) is 13.1 Å². The average molecular weight is 341 g/mol. The molecule has 1 aliphatic heterocycles. The maximum atomic E-state index is 12.7. The Morgan fingerprint density at radius 1 is 1.28 bits per heavy atom. The normalized spacial score (nSPS) is 19.4. The van der Waals surface area contributed by atoms with Crippen LogP contribution in [0.1, 0.15) is 17.0 Å². The van der Waals surface area contributed by atoms with Gasteiger partial charge in [-0.2, -0.15) is 0 Å². The molecule has 1 aromatic heterocycles. The summed E-state index contributed by atoms with van der Waals surface area (Å²) in [5, 5.41) is 6.34. The Kier molecular flexibility index (Phi) is 5.50. The molecule has 0 spiro atoms. The summed E-state index contributed by atoms with van der Waals surface area (Å²) in [5.74, 6) is 1.45. The summed E-state index contributed by atoms with van der Waals surface area (Å²) < 4.78 is 10.8. The van der Waals surface area contributed by atoms with Crippen LogP contribution in [-0.2, 0) is 11.3 Å². The molecule has 1 amide bonds. The van der Waals surface area contributed by atoms with Crippen LogP contribution in [0.4, 0.5) is 0 Å². The van der Waals surface area contributed by atoms with Gasteiger partial charge >= 0.3 is 0 Å². The first-order valence-corrected chi connectivity index (χ1v) is 8.32. The van der Waals surface area contributed by atoms with Gasteiger partial charge in [0.05, 0.1) is 20.1 Å². The molecule has 25 heavy (non-hydrogen) atoms. The quantitative estimate of drug-likeness (QED) is 0.837. The first-order chi connectivity index (χ1) is 12.2. The predicted octanol–water partition coefficient (Wildman–Crippen LogP) is 1.72. The maximum Gasteiger partial charge on any atom is 0.225 e. The zero-order valence-corrected chi connectivity index (χ0v) is 14.5. The van der Waals surface area contributed by atoms with Crippen molar-refractivity contribution in [3.63, 3.8) is 0 Å². The molecule has 0 aliphatic carbocycles. The van der Waals surface area contributed by atoms with Gasteiger partial charge in [-0.05, 0) is 23.3 Å². The molecular weight excluding hydrogens is 318 g/mol. The lowest BCUT2D eigenvalue weighted by Gasteiger charge is -2.21. The number of carbonyl (C=O) groups excluding carboxylic acids is 1. The second-order valence-corrected chi connectivity index (χ2v) is 6.06. The Bertz CT molecular complexity index is 721. The number of pyridine rings is 1. The van der Waals surface area contributed by atoms with Gasteiger partial charge in [0.25, 0.3) is 0 Å². The first kappa shape index (κ1) is 17.2. The number of carbonyl (C=O) groups is 1. The summed E-state index contributed by atoms with van der Waals surface area (Å²) in [6, 6.07) is 9.56. The highest BCUT2D eigenvalue weighted by Crippen LogP contribution is 2.36. The van der Waals surface area contributed by atoms with Crippen molar-refractivity contribution in [2.45, 2.75) is 12.5 Å². The number of amides is 1. The van der Waals surface area contributed by atoms with E-state index in [1.165, 1.54) is 0 Å². The lowest BCUT2D eigenvalue weighted by Crippen LogP contribution is -2.34. The fourth-order valence-electron chi connectivity index (χ4n) is 3.23. The molecule has 0 radical (unpaired) electrons. The molecule has 2 unspecified atom stereocenters. The summed E-state index contributed by atoms with van der Waals surface area (Å²) in [4.78, 5) is 16.8. The summed E-state index contributed by atoms with van der Waals surface area (Å²) in [7, 11) is 3.26. The van der Waals surface area contributed by atoms with Crippen LogP contribution in [0.5, 0.6) is 11.5 Å². The zero-order chi connectivity index (χ0) is 17.6. The molecule has 132 valence electrons. The highest BCUT2D eigenvalue weighted by atomic mass is 16.5. The van der Waals surface area contributed by atoms with Gasteiger partial charge < -0.3 is 20.1 Å². The van der Waals surface area contributed by atoms with Crippen molar-refractivity contribution in [1.29, 1.82) is 0 Å². The number of ether oxygens (including phenoxy) is 2. The van der Waals surface area contributed by atoms with Gasteiger partial charge in [0.2, 0.25) is 5.91 Å². The molecule has 2 aromatic rings. The van der Waals surface area contributed by atoms with E-state index in [0.717, 1.165) is 29.2 Å². The highest BCUT2D eigenvalue weighted by molar-refractivity contribution is 5.80. The molecule has 6 nitrogen and oxygen atoms in total. The minimum atomic E-state index is -0.140. The van der Waals surface area contributed by atoms with Crippen LogP contribution in [0, 0.1) is 5.92 Å². The number of hydrogen-bond acceptors (Lipinski definition) is 5. The van der Waals surface area contributed by atoms with Crippen molar-refractivity contribution in [2.24, 2.45) is 5.92 Å². The first-order valence-electron chi connectivity index (χ1n) is 8.32. The van der Waals surface area contributed by atoms with Crippen molar-refractivity contribution in [1.82, 2.24) is 15.6 Å². The van der Waals surface area contributed by atoms with E-state index in [1.807, 2.05) is 30.3 Å². The predicted molar refractivity (Wildman–Crippen MR) is 94.7 cm³/mol. The molecule has 1 fully saturated rings. The topological polar surface area (TPSA) is 72.5 Å². The Morgan fingerprint density at radius 3 is 2.88 bits per heavy atom. The third-order valence-corrected chi connectivity index (χ3v) is 4.58. The molecule has 1 saturated heterocycles. The van der Waals surface area contributed by atoms with Crippen LogP contribution in [0.3, 0.4) is 0 Å². The SMILES string of the molecule is COc1ccc(C2CNCC2C(=O)NCc2cccnc2)c(OC)c1. The van der Waals surface area contributed by atoms with E-state index in [9.17, 15) is 4.79 Å². The van der Waals surface area contributed by atoms with Crippen LogP contribution < -0.4 is 20.1 Å². The van der Waals surface area contributed by atoms with Gasteiger partial charge in [0.15, 0.2) is 0 Å². The van der Waals surface area contributed by atoms with Crippen molar-refractivity contribution in [3.8, 4) is 11.5 Å². The van der Waals surface area contributed by atoms with Gasteiger partial charge in [-0.1, -0.05) is 12.1 Å². The van der Waals surface area contributed by atoms with E-state index < -0.39 is 0 Å². The molecular formula is C19H23N3O3. The monoisotopic (exact) mass is 341 g/mol. The Hall–Kier alpha value is -2.60. The second kappa shape index (κ2) is 7.98. The van der Waals surface area contributed by atoms with E-state index in [2.05, 4.69) is 15.6 Å². The van der Waals surface area contributed by atoms with E-state index in [1.54, 1.807) is 26.6 Å². The molecule has 0 bridgehead atoms.